The zero-order chi connectivity index (χ0) is 8.10. The largest absolute Gasteiger partial charge is 0.457 e. The maximum Gasteiger partial charge on any atom is 0.457 e. The standard InChI is InChI=1S/C8H17BO2/c1-2-3-4-7-11-9(10)8-5-6-8/h8,10H,2-7H2,1H3. The van der Waals surface area contributed by atoms with Crippen LogP contribution in [0.2, 0.25) is 5.82 Å². The molecule has 0 amide bonds. The molecule has 0 bridgehead atoms. The average molecular weight is 156 g/mol. The molecule has 0 saturated heterocycles. The van der Waals surface area contributed by atoms with E-state index in [0.717, 1.165) is 25.9 Å². The summed E-state index contributed by atoms with van der Waals surface area (Å²) in [7, 11) is -0.466. The molecule has 1 saturated carbocycles. The van der Waals surface area contributed by atoms with Crippen LogP contribution < -0.4 is 0 Å². The summed E-state index contributed by atoms with van der Waals surface area (Å²) < 4.78 is 5.22. The van der Waals surface area contributed by atoms with Crippen LogP contribution in [0.1, 0.15) is 39.0 Å². The van der Waals surface area contributed by atoms with Crippen LogP contribution in [0.4, 0.5) is 0 Å². The van der Waals surface area contributed by atoms with Gasteiger partial charge in [0.25, 0.3) is 0 Å². The monoisotopic (exact) mass is 156 g/mol. The summed E-state index contributed by atoms with van der Waals surface area (Å²) in [4.78, 5) is 0. The lowest BCUT2D eigenvalue weighted by molar-refractivity contribution is 0.250. The highest BCUT2D eigenvalue weighted by atomic mass is 16.5. The lowest BCUT2D eigenvalue weighted by Gasteiger charge is -2.05. The topological polar surface area (TPSA) is 29.5 Å². The Bertz CT molecular complexity index is 104. The average Bonchev–Trinajstić information content (AvgIpc) is 2.79. The minimum Gasteiger partial charge on any atom is -0.427 e. The third-order valence-electron chi connectivity index (χ3n) is 2.06. The predicted octanol–water partition coefficient (Wildman–Crippen LogP) is 1.84. The Balaban J connectivity index is 1.85. The fourth-order valence-corrected chi connectivity index (χ4v) is 1.07. The van der Waals surface area contributed by atoms with Gasteiger partial charge in [0.05, 0.1) is 0 Å². The van der Waals surface area contributed by atoms with Gasteiger partial charge in [-0.2, -0.15) is 0 Å². The minimum absolute atomic E-state index is 0.455. The third kappa shape index (κ3) is 3.78. The molecule has 1 aliphatic rings. The summed E-state index contributed by atoms with van der Waals surface area (Å²) >= 11 is 0. The quantitative estimate of drug-likeness (QED) is 0.469. The number of hydrogen-bond acceptors (Lipinski definition) is 2. The second-order valence-corrected chi connectivity index (χ2v) is 3.31. The number of hydrogen-bond donors (Lipinski definition) is 1. The van der Waals surface area contributed by atoms with Crippen molar-refractivity contribution in [2.24, 2.45) is 0 Å². The lowest BCUT2D eigenvalue weighted by Crippen LogP contribution is -2.18. The first-order valence-corrected chi connectivity index (χ1v) is 4.64. The lowest BCUT2D eigenvalue weighted by atomic mass is 9.83. The second-order valence-electron chi connectivity index (χ2n) is 3.31. The van der Waals surface area contributed by atoms with Gasteiger partial charge in [0.15, 0.2) is 0 Å². The maximum atomic E-state index is 9.27. The Kier molecular flexibility index (Phi) is 3.94. The summed E-state index contributed by atoms with van der Waals surface area (Å²) in [5.74, 6) is 0.455. The molecule has 1 aliphatic carbocycles. The summed E-state index contributed by atoms with van der Waals surface area (Å²) in [5, 5.41) is 9.27. The first kappa shape index (κ1) is 9.08. The van der Waals surface area contributed by atoms with E-state index in [-0.39, 0.29) is 0 Å². The van der Waals surface area contributed by atoms with Gasteiger partial charge < -0.3 is 9.68 Å². The van der Waals surface area contributed by atoms with Gasteiger partial charge in [-0.25, -0.2) is 0 Å². The van der Waals surface area contributed by atoms with E-state index in [2.05, 4.69) is 6.92 Å². The normalized spacial score (nSPS) is 16.9. The van der Waals surface area contributed by atoms with Gasteiger partial charge in [-0.05, 0) is 12.2 Å². The van der Waals surface area contributed by atoms with E-state index in [1.807, 2.05) is 0 Å². The van der Waals surface area contributed by atoms with Crippen LogP contribution >= 0.6 is 0 Å². The van der Waals surface area contributed by atoms with E-state index in [9.17, 15) is 5.02 Å². The summed E-state index contributed by atoms with van der Waals surface area (Å²) in [6, 6.07) is 0. The molecule has 0 heterocycles. The summed E-state index contributed by atoms with van der Waals surface area (Å²) in [6.07, 6.45) is 5.80. The molecular weight excluding hydrogens is 139 g/mol. The molecule has 64 valence electrons. The molecule has 1 rings (SSSR count). The Morgan fingerprint density at radius 2 is 2.18 bits per heavy atom. The van der Waals surface area contributed by atoms with Crippen molar-refractivity contribution in [2.45, 2.75) is 44.8 Å². The molecule has 11 heavy (non-hydrogen) atoms. The molecule has 3 heteroatoms. The fraction of sp³-hybridized carbons (Fsp3) is 1.00. The van der Waals surface area contributed by atoms with Crippen molar-refractivity contribution in [2.75, 3.05) is 6.61 Å². The molecule has 0 aromatic rings. The van der Waals surface area contributed by atoms with Crippen LogP contribution in [-0.2, 0) is 4.65 Å². The molecule has 1 fully saturated rings. The second kappa shape index (κ2) is 4.78. The Labute approximate surface area is 69.1 Å². The van der Waals surface area contributed by atoms with Crippen molar-refractivity contribution in [3.05, 3.63) is 0 Å². The maximum absolute atomic E-state index is 9.27. The molecule has 0 radical (unpaired) electrons. The van der Waals surface area contributed by atoms with E-state index in [1.54, 1.807) is 0 Å². The predicted molar refractivity (Wildman–Crippen MR) is 46.4 cm³/mol. The first-order valence-electron chi connectivity index (χ1n) is 4.64. The van der Waals surface area contributed by atoms with Gasteiger partial charge >= 0.3 is 7.12 Å². The van der Waals surface area contributed by atoms with Crippen molar-refractivity contribution in [3.8, 4) is 0 Å². The molecule has 0 aromatic heterocycles. The van der Waals surface area contributed by atoms with E-state index < -0.39 is 7.12 Å². The molecule has 0 aliphatic heterocycles. The summed E-state index contributed by atoms with van der Waals surface area (Å²) in [6.45, 7) is 2.89. The highest BCUT2D eigenvalue weighted by Crippen LogP contribution is 2.38. The van der Waals surface area contributed by atoms with Gasteiger partial charge in [-0.3, -0.25) is 0 Å². The molecule has 0 atom stereocenters. The van der Waals surface area contributed by atoms with Crippen LogP contribution in [0.3, 0.4) is 0 Å². The van der Waals surface area contributed by atoms with Crippen molar-refractivity contribution in [3.63, 3.8) is 0 Å². The van der Waals surface area contributed by atoms with Gasteiger partial charge in [0, 0.05) is 6.61 Å². The van der Waals surface area contributed by atoms with Crippen molar-refractivity contribution >= 4 is 7.12 Å². The Hall–Kier alpha value is -0.0151. The molecular formula is C8H17BO2. The van der Waals surface area contributed by atoms with Gasteiger partial charge in [0.2, 0.25) is 0 Å². The van der Waals surface area contributed by atoms with Crippen LogP contribution in [0.5, 0.6) is 0 Å². The van der Waals surface area contributed by atoms with E-state index >= 15 is 0 Å². The van der Waals surface area contributed by atoms with E-state index in [0.29, 0.717) is 5.82 Å². The van der Waals surface area contributed by atoms with Crippen LogP contribution in [-0.4, -0.2) is 18.7 Å². The highest BCUT2D eigenvalue weighted by Gasteiger charge is 2.35. The van der Waals surface area contributed by atoms with Crippen molar-refractivity contribution in [1.82, 2.24) is 0 Å². The Morgan fingerprint density at radius 3 is 2.73 bits per heavy atom. The van der Waals surface area contributed by atoms with Crippen molar-refractivity contribution in [1.29, 1.82) is 0 Å². The number of unbranched alkanes of at least 4 members (excludes halogenated alkanes) is 2. The first-order chi connectivity index (χ1) is 5.34. The van der Waals surface area contributed by atoms with Crippen LogP contribution in [0, 0.1) is 0 Å². The zero-order valence-electron chi connectivity index (χ0n) is 7.25. The minimum atomic E-state index is -0.466. The Morgan fingerprint density at radius 1 is 1.45 bits per heavy atom. The van der Waals surface area contributed by atoms with Crippen LogP contribution in [0.15, 0.2) is 0 Å². The van der Waals surface area contributed by atoms with Gasteiger partial charge in [-0.15, -0.1) is 0 Å². The fourth-order valence-electron chi connectivity index (χ4n) is 1.07. The molecule has 0 aromatic carbocycles. The third-order valence-corrected chi connectivity index (χ3v) is 2.06. The molecule has 2 nitrogen and oxygen atoms in total. The SMILES string of the molecule is CCCCCOB(O)C1CC1. The smallest absolute Gasteiger partial charge is 0.427 e. The van der Waals surface area contributed by atoms with E-state index in [1.165, 1.54) is 12.8 Å². The zero-order valence-corrected chi connectivity index (χ0v) is 7.25. The van der Waals surface area contributed by atoms with E-state index in [4.69, 9.17) is 4.65 Å². The molecule has 0 spiro atoms. The summed E-state index contributed by atoms with van der Waals surface area (Å²) in [5.41, 5.74) is 0. The van der Waals surface area contributed by atoms with Gasteiger partial charge in [-0.1, -0.05) is 32.6 Å². The van der Waals surface area contributed by atoms with Crippen molar-refractivity contribution < 1.29 is 9.68 Å². The number of rotatable bonds is 6. The molecule has 1 N–H and O–H groups in total. The van der Waals surface area contributed by atoms with Crippen LogP contribution in [0.25, 0.3) is 0 Å². The highest BCUT2D eigenvalue weighted by molar-refractivity contribution is 6.45. The molecule has 0 unspecified atom stereocenters. The van der Waals surface area contributed by atoms with Gasteiger partial charge in [0.1, 0.15) is 0 Å².